The first-order valence-corrected chi connectivity index (χ1v) is 6.29. The predicted octanol–water partition coefficient (Wildman–Crippen LogP) is 1.87. The Balaban J connectivity index is 2.28. The Kier molecular flexibility index (Phi) is 3.38. The number of hydrogen-bond acceptors (Lipinski definition) is 4. The SMILES string of the molecule is Cc1cc(Sc2nnc(C)n2C)ccc1C(=N)N. The second kappa shape index (κ2) is 4.81. The van der Waals surface area contributed by atoms with E-state index < -0.39 is 0 Å². The standard InChI is InChI=1S/C12H15N5S/c1-7-6-9(4-5-10(7)11(13)14)18-12-16-15-8(2)17(12)3/h4-6H,1-3H3,(H3,13,14). The molecular weight excluding hydrogens is 246 g/mol. The highest BCUT2D eigenvalue weighted by Crippen LogP contribution is 2.27. The van der Waals surface area contributed by atoms with Crippen molar-refractivity contribution in [3.8, 4) is 0 Å². The van der Waals surface area contributed by atoms with E-state index in [1.807, 2.05) is 43.7 Å². The van der Waals surface area contributed by atoms with Gasteiger partial charge in [0.15, 0.2) is 5.16 Å². The van der Waals surface area contributed by atoms with Crippen LogP contribution in [0.2, 0.25) is 0 Å². The van der Waals surface area contributed by atoms with Crippen molar-refractivity contribution in [3.05, 3.63) is 35.2 Å². The number of amidine groups is 1. The summed E-state index contributed by atoms with van der Waals surface area (Å²) in [5.74, 6) is 0.980. The van der Waals surface area contributed by atoms with Crippen LogP contribution in [0.5, 0.6) is 0 Å². The molecule has 0 aliphatic carbocycles. The Bertz CT molecular complexity index is 603. The monoisotopic (exact) mass is 261 g/mol. The summed E-state index contributed by atoms with van der Waals surface area (Å²) in [4.78, 5) is 1.06. The van der Waals surface area contributed by atoms with Crippen molar-refractivity contribution in [2.24, 2.45) is 12.8 Å². The molecule has 0 fully saturated rings. The number of nitrogens with zero attached hydrogens (tertiary/aromatic N) is 3. The van der Waals surface area contributed by atoms with Crippen LogP contribution in [0.3, 0.4) is 0 Å². The first-order chi connectivity index (χ1) is 8.49. The van der Waals surface area contributed by atoms with Crippen LogP contribution in [0.4, 0.5) is 0 Å². The number of benzene rings is 1. The highest BCUT2D eigenvalue weighted by molar-refractivity contribution is 7.99. The van der Waals surface area contributed by atoms with Gasteiger partial charge in [-0.05, 0) is 49.4 Å². The minimum atomic E-state index is 0.0959. The maximum Gasteiger partial charge on any atom is 0.195 e. The summed E-state index contributed by atoms with van der Waals surface area (Å²) >= 11 is 1.55. The summed E-state index contributed by atoms with van der Waals surface area (Å²) in [5.41, 5.74) is 7.26. The minimum absolute atomic E-state index is 0.0959. The number of rotatable bonds is 3. The van der Waals surface area contributed by atoms with Crippen LogP contribution in [0.15, 0.2) is 28.3 Å². The lowest BCUT2D eigenvalue weighted by atomic mass is 10.1. The second-order valence-corrected chi connectivity index (χ2v) is 5.12. The molecule has 0 aliphatic rings. The molecule has 0 aliphatic heterocycles. The van der Waals surface area contributed by atoms with Crippen LogP contribution in [-0.4, -0.2) is 20.6 Å². The van der Waals surface area contributed by atoms with Crippen molar-refractivity contribution in [3.63, 3.8) is 0 Å². The van der Waals surface area contributed by atoms with Crippen molar-refractivity contribution in [2.45, 2.75) is 23.9 Å². The van der Waals surface area contributed by atoms with Crippen molar-refractivity contribution >= 4 is 17.6 Å². The molecule has 94 valence electrons. The van der Waals surface area contributed by atoms with E-state index in [0.29, 0.717) is 0 Å². The van der Waals surface area contributed by atoms with Gasteiger partial charge in [0.1, 0.15) is 11.7 Å². The molecule has 0 radical (unpaired) electrons. The van der Waals surface area contributed by atoms with Crippen LogP contribution < -0.4 is 5.73 Å². The molecule has 2 aromatic rings. The average molecular weight is 261 g/mol. The number of aromatic nitrogens is 3. The Labute approximate surface area is 110 Å². The van der Waals surface area contributed by atoms with Gasteiger partial charge in [0.2, 0.25) is 0 Å². The fraction of sp³-hybridized carbons (Fsp3) is 0.250. The Morgan fingerprint density at radius 2 is 2.06 bits per heavy atom. The van der Waals surface area contributed by atoms with Crippen LogP contribution in [0.25, 0.3) is 0 Å². The average Bonchev–Trinajstić information content (AvgIpc) is 2.61. The van der Waals surface area contributed by atoms with E-state index in [-0.39, 0.29) is 5.84 Å². The molecule has 0 unspecified atom stereocenters. The van der Waals surface area contributed by atoms with Gasteiger partial charge in [0, 0.05) is 17.5 Å². The molecule has 0 spiro atoms. The number of nitrogen functional groups attached to an aromatic ring is 1. The Hall–Kier alpha value is -1.82. The highest BCUT2D eigenvalue weighted by Gasteiger charge is 2.08. The molecule has 3 N–H and O–H groups in total. The molecule has 0 atom stereocenters. The van der Waals surface area contributed by atoms with E-state index in [9.17, 15) is 0 Å². The maximum atomic E-state index is 7.45. The summed E-state index contributed by atoms with van der Waals surface area (Å²) in [6.07, 6.45) is 0. The van der Waals surface area contributed by atoms with Gasteiger partial charge in [-0.2, -0.15) is 0 Å². The van der Waals surface area contributed by atoms with Crippen LogP contribution >= 0.6 is 11.8 Å². The fourth-order valence-corrected chi connectivity index (χ4v) is 2.52. The van der Waals surface area contributed by atoms with Crippen molar-refractivity contribution < 1.29 is 0 Å². The van der Waals surface area contributed by atoms with Gasteiger partial charge in [0.25, 0.3) is 0 Å². The summed E-state index contributed by atoms with van der Waals surface area (Å²) in [7, 11) is 1.94. The molecule has 1 heterocycles. The number of hydrogen-bond donors (Lipinski definition) is 2. The third-order valence-corrected chi connectivity index (χ3v) is 3.78. The van der Waals surface area contributed by atoms with E-state index >= 15 is 0 Å². The van der Waals surface area contributed by atoms with Gasteiger partial charge in [-0.15, -0.1) is 10.2 Å². The lowest BCUT2D eigenvalue weighted by molar-refractivity contribution is 0.765. The third kappa shape index (κ3) is 2.38. The summed E-state index contributed by atoms with van der Waals surface area (Å²) < 4.78 is 1.94. The molecular formula is C12H15N5S. The highest BCUT2D eigenvalue weighted by atomic mass is 32.2. The zero-order valence-electron chi connectivity index (χ0n) is 10.6. The van der Waals surface area contributed by atoms with E-state index in [4.69, 9.17) is 11.1 Å². The zero-order valence-corrected chi connectivity index (χ0v) is 11.4. The Morgan fingerprint density at radius 1 is 1.33 bits per heavy atom. The lowest BCUT2D eigenvalue weighted by Gasteiger charge is -2.06. The van der Waals surface area contributed by atoms with Crippen LogP contribution in [0, 0.1) is 19.3 Å². The van der Waals surface area contributed by atoms with E-state index in [1.165, 1.54) is 0 Å². The van der Waals surface area contributed by atoms with E-state index in [0.717, 1.165) is 27.0 Å². The molecule has 0 saturated heterocycles. The van der Waals surface area contributed by atoms with Gasteiger partial charge >= 0.3 is 0 Å². The van der Waals surface area contributed by atoms with Crippen molar-refractivity contribution in [1.82, 2.24) is 14.8 Å². The van der Waals surface area contributed by atoms with Crippen molar-refractivity contribution in [2.75, 3.05) is 0 Å². The summed E-state index contributed by atoms with van der Waals surface area (Å²) in [6.45, 7) is 3.86. The fourth-order valence-electron chi connectivity index (χ4n) is 1.58. The molecule has 2 rings (SSSR count). The Morgan fingerprint density at radius 3 is 2.56 bits per heavy atom. The van der Waals surface area contributed by atoms with E-state index in [1.54, 1.807) is 11.8 Å². The topological polar surface area (TPSA) is 80.6 Å². The normalized spacial score (nSPS) is 10.6. The van der Waals surface area contributed by atoms with Gasteiger partial charge in [-0.3, -0.25) is 5.41 Å². The molecule has 0 saturated carbocycles. The first kappa shape index (κ1) is 12.6. The van der Waals surface area contributed by atoms with E-state index in [2.05, 4.69) is 10.2 Å². The summed E-state index contributed by atoms with van der Waals surface area (Å²) in [5, 5.41) is 16.4. The molecule has 1 aromatic carbocycles. The van der Waals surface area contributed by atoms with Crippen LogP contribution in [-0.2, 0) is 7.05 Å². The molecule has 0 amide bonds. The first-order valence-electron chi connectivity index (χ1n) is 5.48. The largest absolute Gasteiger partial charge is 0.384 e. The molecule has 0 bridgehead atoms. The second-order valence-electron chi connectivity index (χ2n) is 4.08. The molecule has 6 heteroatoms. The third-order valence-electron chi connectivity index (χ3n) is 2.75. The lowest BCUT2D eigenvalue weighted by Crippen LogP contribution is -2.12. The molecule has 5 nitrogen and oxygen atoms in total. The molecule has 1 aromatic heterocycles. The molecule has 18 heavy (non-hydrogen) atoms. The van der Waals surface area contributed by atoms with Gasteiger partial charge < -0.3 is 10.3 Å². The minimum Gasteiger partial charge on any atom is -0.384 e. The smallest absolute Gasteiger partial charge is 0.195 e. The zero-order chi connectivity index (χ0) is 13.3. The number of aryl methyl sites for hydroxylation is 2. The van der Waals surface area contributed by atoms with Crippen molar-refractivity contribution in [1.29, 1.82) is 5.41 Å². The van der Waals surface area contributed by atoms with Gasteiger partial charge in [-0.1, -0.05) is 0 Å². The quantitative estimate of drug-likeness (QED) is 0.653. The van der Waals surface area contributed by atoms with Gasteiger partial charge in [-0.25, -0.2) is 0 Å². The number of nitrogens with one attached hydrogen (secondary N) is 1. The van der Waals surface area contributed by atoms with Crippen LogP contribution in [0.1, 0.15) is 17.0 Å². The maximum absolute atomic E-state index is 7.45. The summed E-state index contributed by atoms with van der Waals surface area (Å²) in [6, 6.07) is 5.81. The van der Waals surface area contributed by atoms with Gasteiger partial charge in [0.05, 0.1) is 0 Å². The number of nitrogens with two attached hydrogens (primary N) is 1. The predicted molar refractivity (Wildman–Crippen MR) is 72.1 cm³/mol.